The molecule has 0 unspecified atom stereocenters. The number of hydrogen-bond acceptors (Lipinski definition) is 2. The summed E-state index contributed by atoms with van der Waals surface area (Å²) in [6, 6.07) is 15.5. The molecule has 0 aliphatic carbocycles. The van der Waals surface area contributed by atoms with Crippen molar-refractivity contribution >= 4 is 33.4 Å². The minimum atomic E-state index is -0.194. The largest absolute Gasteiger partial charge is 0.333 e. The van der Waals surface area contributed by atoms with E-state index >= 15 is 0 Å². The van der Waals surface area contributed by atoms with Gasteiger partial charge in [-0.05, 0) is 42.7 Å². The maximum atomic E-state index is 12.2. The molecule has 0 aromatic heterocycles. The zero-order valence-electron chi connectivity index (χ0n) is 13.9. The smallest absolute Gasteiger partial charge is 0.243 e. The maximum absolute atomic E-state index is 12.2. The molecule has 0 bridgehead atoms. The quantitative estimate of drug-likeness (QED) is 0.818. The molecule has 0 aliphatic heterocycles. The minimum Gasteiger partial charge on any atom is -0.333 e. The topological polar surface area (TPSA) is 49.4 Å². The van der Waals surface area contributed by atoms with Crippen LogP contribution in [0.4, 0.5) is 5.69 Å². The van der Waals surface area contributed by atoms with Gasteiger partial charge in [-0.3, -0.25) is 9.59 Å². The van der Waals surface area contributed by atoms with Crippen molar-refractivity contribution in [2.75, 3.05) is 18.4 Å². The highest BCUT2D eigenvalue weighted by atomic mass is 79.9. The molecule has 2 aromatic rings. The van der Waals surface area contributed by atoms with E-state index in [9.17, 15) is 9.59 Å². The summed E-state index contributed by atoms with van der Waals surface area (Å²) in [5.41, 5.74) is 2.92. The first kappa shape index (κ1) is 18.2. The van der Waals surface area contributed by atoms with Crippen LogP contribution in [-0.2, 0) is 16.0 Å². The van der Waals surface area contributed by atoms with Crippen LogP contribution in [-0.4, -0.2) is 29.8 Å². The fourth-order valence-corrected chi connectivity index (χ4v) is 2.60. The predicted molar refractivity (Wildman–Crippen MR) is 99.9 cm³/mol. The maximum Gasteiger partial charge on any atom is 0.243 e. The molecule has 2 amide bonds. The van der Waals surface area contributed by atoms with Crippen LogP contribution in [0, 0.1) is 6.92 Å². The average molecular weight is 389 g/mol. The summed E-state index contributed by atoms with van der Waals surface area (Å²) >= 11 is 3.43. The zero-order valence-corrected chi connectivity index (χ0v) is 15.5. The van der Waals surface area contributed by atoms with Crippen molar-refractivity contribution in [1.82, 2.24) is 4.90 Å². The Balaban J connectivity index is 1.92. The molecular weight excluding hydrogens is 368 g/mol. The highest BCUT2D eigenvalue weighted by molar-refractivity contribution is 9.10. The Morgan fingerprint density at radius 2 is 1.83 bits per heavy atom. The van der Waals surface area contributed by atoms with Gasteiger partial charge in [0.25, 0.3) is 0 Å². The third-order valence-corrected chi connectivity index (χ3v) is 4.62. The molecule has 1 N–H and O–H groups in total. The number of aryl methyl sites for hydroxylation is 1. The number of amides is 2. The number of hydrogen-bond donors (Lipinski definition) is 1. The predicted octanol–water partition coefficient (Wildman–Crippen LogP) is 3.79. The van der Waals surface area contributed by atoms with Gasteiger partial charge in [-0.25, -0.2) is 0 Å². The van der Waals surface area contributed by atoms with Crippen LogP contribution in [0.25, 0.3) is 0 Å². The van der Waals surface area contributed by atoms with E-state index in [1.807, 2.05) is 55.5 Å². The first-order chi connectivity index (χ1) is 11.5. The molecule has 2 aromatic carbocycles. The highest BCUT2D eigenvalue weighted by Gasteiger charge is 2.14. The van der Waals surface area contributed by atoms with E-state index in [4.69, 9.17) is 0 Å². The lowest BCUT2D eigenvalue weighted by atomic mass is 10.1. The van der Waals surface area contributed by atoms with Crippen LogP contribution in [0.1, 0.15) is 18.1 Å². The van der Waals surface area contributed by atoms with Crippen LogP contribution in [0.5, 0.6) is 0 Å². The van der Waals surface area contributed by atoms with Crippen molar-refractivity contribution < 1.29 is 9.59 Å². The fourth-order valence-electron chi connectivity index (χ4n) is 2.35. The second kappa shape index (κ2) is 8.64. The number of benzene rings is 2. The molecule has 126 valence electrons. The number of carbonyl (C=O) groups is 2. The van der Waals surface area contributed by atoms with Gasteiger partial charge in [-0.15, -0.1) is 0 Å². The van der Waals surface area contributed by atoms with E-state index in [0.717, 1.165) is 27.7 Å². The molecule has 0 atom stereocenters. The summed E-state index contributed by atoms with van der Waals surface area (Å²) in [5, 5.41) is 2.84. The zero-order chi connectivity index (χ0) is 17.5. The second-order valence-corrected chi connectivity index (χ2v) is 6.54. The Labute approximate surface area is 151 Å². The fraction of sp³-hybridized carbons (Fsp3) is 0.263. The first-order valence-electron chi connectivity index (χ1n) is 7.81. The molecule has 0 fully saturated rings. The van der Waals surface area contributed by atoms with Crippen molar-refractivity contribution in [3.05, 3.63) is 64.1 Å². The van der Waals surface area contributed by atoms with Crippen molar-refractivity contribution in [2.45, 2.75) is 20.3 Å². The highest BCUT2D eigenvalue weighted by Crippen LogP contribution is 2.19. The molecule has 0 saturated carbocycles. The lowest BCUT2D eigenvalue weighted by Gasteiger charge is -2.20. The molecule has 0 aliphatic rings. The number of halogens is 1. The Morgan fingerprint density at radius 3 is 2.46 bits per heavy atom. The van der Waals surface area contributed by atoms with Gasteiger partial charge < -0.3 is 10.2 Å². The summed E-state index contributed by atoms with van der Waals surface area (Å²) in [7, 11) is 0. The molecule has 4 nitrogen and oxygen atoms in total. The van der Waals surface area contributed by atoms with Gasteiger partial charge >= 0.3 is 0 Å². The standard InChI is InChI=1S/C19H21BrN2O2/c1-14-12-17(8-9-18(14)20)21-19(24)13-22(15(2)23)11-10-16-6-4-3-5-7-16/h3-9,12H,10-11,13H2,1-2H3,(H,21,24). The van der Waals surface area contributed by atoms with Crippen molar-refractivity contribution in [2.24, 2.45) is 0 Å². The number of nitrogens with zero attached hydrogens (tertiary/aromatic N) is 1. The van der Waals surface area contributed by atoms with Crippen molar-refractivity contribution in [3.8, 4) is 0 Å². The Bertz CT molecular complexity index is 717. The van der Waals surface area contributed by atoms with Crippen molar-refractivity contribution in [1.29, 1.82) is 0 Å². The van der Waals surface area contributed by atoms with Gasteiger partial charge in [-0.1, -0.05) is 46.3 Å². The van der Waals surface area contributed by atoms with E-state index in [2.05, 4.69) is 21.2 Å². The van der Waals surface area contributed by atoms with Crippen LogP contribution in [0.2, 0.25) is 0 Å². The van der Waals surface area contributed by atoms with Gasteiger partial charge in [0.15, 0.2) is 0 Å². The number of rotatable bonds is 6. The molecule has 0 spiro atoms. The van der Waals surface area contributed by atoms with Gasteiger partial charge in [0.1, 0.15) is 0 Å². The number of nitrogens with one attached hydrogen (secondary N) is 1. The summed E-state index contributed by atoms with van der Waals surface area (Å²) in [4.78, 5) is 25.6. The third-order valence-electron chi connectivity index (χ3n) is 3.73. The van der Waals surface area contributed by atoms with Crippen LogP contribution in [0.3, 0.4) is 0 Å². The first-order valence-corrected chi connectivity index (χ1v) is 8.60. The summed E-state index contributed by atoms with van der Waals surface area (Å²) in [6.45, 7) is 4.02. The molecule has 0 heterocycles. The molecule has 2 rings (SSSR count). The van der Waals surface area contributed by atoms with Crippen LogP contribution < -0.4 is 5.32 Å². The second-order valence-electron chi connectivity index (χ2n) is 5.69. The van der Waals surface area contributed by atoms with E-state index in [1.54, 1.807) is 4.90 Å². The number of carbonyl (C=O) groups excluding carboxylic acids is 2. The van der Waals surface area contributed by atoms with E-state index < -0.39 is 0 Å². The van der Waals surface area contributed by atoms with Gasteiger partial charge in [0.2, 0.25) is 11.8 Å². The lowest BCUT2D eigenvalue weighted by molar-refractivity contribution is -0.132. The summed E-state index contributed by atoms with van der Waals surface area (Å²) < 4.78 is 0.994. The Morgan fingerprint density at radius 1 is 1.12 bits per heavy atom. The van der Waals surface area contributed by atoms with Crippen LogP contribution >= 0.6 is 15.9 Å². The van der Waals surface area contributed by atoms with E-state index in [-0.39, 0.29) is 18.4 Å². The third kappa shape index (κ3) is 5.49. The van der Waals surface area contributed by atoms with Crippen molar-refractivity contribution in [3.63, 3.8) is 0 Å². The Kier molecular flexibility index (Phi) is 6.55. The SMILES string of the molecule is CC(=O)N(CCc1ccccc1)CC(=O)Nc1ccc(Br)c(C)c1. The van der Waals surface area contributed by atoms with Crippen LogP contribution in [0.15, 0.2) is 53.0 Å². The molecule has 0 saturated heterocycles. The normalized spacial score (nSPS) is 10.3. The number of anilines is 1. The van der Waals surface area contributed by atoms with Gasteiger partial charge in [0.05, 0.1) is 6.54 Å². The average Bonchev–Trinajstić information content (AvgIpc) is 2.55. The molecule has 5 heteroatoms. The monoisotopic (exact) mass is 388 g/mol. The summed E-state index contributed by atoms with van der Waals surface area (Å²) in [6.07, 6.45) is 0.727. The molecule has 24 heavy (non-hydrogen) atoms. The molecular formula is C19H21BrN2O2. The minimum absolute atomic E-state index is 0.0529. The van der Waals surface area contributed by atoms with E-state index in [1.165, 1.54) is 6.92 Å². The Hall–Kier alpha value is -2.14. The lowest BCUT2D eigenvalue weighted by Crippen LogP contribution is -2.38. The summed E-state index contributed by atoms with van der Waals surface area (Å²) in [5.74, 6) is -0.298. The van der Waals surface area contributed by atoms with Gasteiger partial charge in [-0.2, -0.15) is 0 Å². The van der Waals surface area contributed by atoms with Gasteiger partial charge in [0, 0.05) is 23.6 Å². The molecule has 0 radical (unpaired) electrons. The van der Waals surface area contributed by atoms with E-state index in [0.29, 0.717) is 6.54 Å².